The molecule has 1 atom stereocenters. The number of thiophene rings is 1. The maximum atomic E-state index is 13.7. The molecule has 0 bridgehead atoms. The molecule has 182 valence electrons. The Kier molecular flexibility index (Phi) is 7.80. The summed E-state index contributed by atoms with van der Waals surface area (Å²) < 4.78 is 5.11. The summed E-state index contributed by atoms with van der Waals surface area (Å²) in [6.45, 7) is 6.35. The standard InChI is InChI=1S/C26H33N3O4S/c1-20-7-3-4-9-22(20)26(18-24(31)29(25(26)32)14-15-33-2)17-23(30)28-11-6-10-27(12-13-28)19-21-8-5-16-34-21/h3-5,7-9,16H,6,10-15,17-19H2,1-2H3/t26-/m0/s1. The summed E-state index contributed by atoms with van der Waals surface area (Å²) in [4.78, 5) is 47.1. The smallest absolute Gasteiger partial charge is 0.240 e. The van der Waals surface area contributed by atoms with Crippen molar-refractivity contribution < 1.29 is 19.1 Å². The number of nitrogens with zero attached hydrogens (tertiary/aromatic N) is 3. The number of likely N-dealkylation sites (tertiary alicyclic amines) is 1. The van der Waals surface area contributed by atoms with E-state index in [0.29, 0.717) is 13.1 Å². The van der Waals surface area contributed by atoms with Crippen molar-refractivity contribution >= 4 is 29.1 Å². The Bertz CT molecular complexity index is 1020. The van der Waals surface area contributed by atoms with Gasteiger partial charge in [-0.15, -0.1) is 11.3 Å². The van der Waals surface area contributed by atoms with Gasteiger partial charge in [0.1, 0.15) is 0 Å². The minimum Gasteiger partial charge on any atom is -0.383 e. The molecule has 4 rings (SSSR count). The molecule has 7 nitrogen and oxygen atoms in total. The summed E-state index contributed by atoms with van der Waals surface area (Å²) in [5, 5.41) is 2.09. The highest BCUT2D eigenvalue weighted by molar-refractivity contribution is 7.09. The van der Waals surface area contributed by atoms with Crippen LogP contribution in [0.4, 0.5) is 0 Å². The fraction of sp³-hybridized carbons (Fsp3) is 0.500. The van der Waals surface area contributed by atoms with Gasteiger partial charge in [0, 0.05) is 57.6 Å². The van der Waals surface area contributed by atoms with E-state index < -0.39 is 5.41 Å². The first-order chi connectivity index (χ1) is 16.4. The lowest BCUT2D eigenvalue weighted by molar-refractivity contribution is -0.143. The van der Waals surface area contributed by atoms with Crippen LogP contribution in [-0.4, -0.2) is 78.9 Å². The molecule has 1 aromatic carbocycles. The van der Waals surface area contributed by atoms with E-state index in [-0.39, 0.29) is 43.7 Å². The topological polar surface area (TPSA) is 70.2 Å². The number of imide groups is 1. The van der Waals surface area contributed by atoms with Crippen LogP contribution in [0, 0.1) is 6.92 Å². The van der Waals surface area contributed by atoms with Gasteiger partial charge in [0.2, 0.25) is 17.7 Å². The van der Waals surface area contributed by atoms with Crippen LogP contribution in [0.5, 0.6) is 0 Å². The first kappa shape index (κ1) is 24.6. The van der Waals surface area contributed by atoms with Crippen LogP contribution in [0.3, 0.4) is 0 Å². The predicted octanol–water partition coefficient (Wildman–Crippen LogP) is 2.82. The van der Waals surface area contributed by atoms with E-state index in [1.807, 2.05) is 36.1 Å². The monoisotopic (exact) mass is 483 g/mol. The van der Waals surface area contributed by atoms with E-state index in [1.165, 1.54) is 9.78 Å². The van der Waals surface area contributed by atoms with Crippen molar-refractivity contribution in [3.8, 4) is 0 Å². The number of aryl methyl sites for hydroxylation is 1. The van der Waals surface area contributed by atoms with Gasteiger partial charge in [0.15, 0.2) is 0 Å². The zero-order valence-corrected chi connectivity index (χ0v) is 20.8. The molecular formula is C26H33N3O4S. The molecule has 2 aliphatic heterocycles. The fourth-order valence-corrected chi connectivity index (χ4v) is 5.88. The molecule has 34 heavy (non-hydrogen) atoms. The average Bonchev–Trinajstić information content (AvgIpc) is 3.32. The van der Waals surface area contributed by atoms with Crippen molar-refractivity contribution in [1.82, 2.24) is 14.7 Å². The Hall–Kier alpha value is -2.55. The van der Waals surface area contributed by atoms with Crippen LogP contribution in [0.1, 0.15) is 35.3 Å². The van der Waals surface area contributed by atoms with Crippen LogP contribution in [0.2, 0.25) is 0 Å². The van der Waals surface area contributed by atoms with Crippen LogP contribution < -0.4 is 0 Å². The SMILES string of the molecule is COCCN1C(=O)C[C@@](CC(=O)N2CCCN(Cc3cccs3)CC2)(c2ccccc2C)C1=O. The first-order valence-electron chi connectivity index (χ1n) is 11.9. The number of benzene rings is 1. The Morgan fingerprint density at radius 1 is 1.09 bits per heavy atom. The molecule has 8 heteroatoms. The van der Waals surface area contributed by atoms with E-state index >= 15 is 0 Å². The molecule has 2 aliphatic rings. The lowest BCUT2D eigenvalue weighted by Gasteiger charge is -2.31. The second-order valence-electron chi connectivity index (χ2n) is 9.18. The van der Waals surface area contributed by atoms with E-state index in [0.717, 1.165) is 37.2 Å². The highest BCUT2D eigenvalue weighted by atomic mass is 32.1. The van der Waals surface area contributed by atoms with Crippen molar-refractivity contribution in [3.63, 3.8) is 0 Å². The Labute approximate surface area is 205 Å². The molecule has 2 saturated heterocycles. The quantitative estimate of drug-likeness (QED) is 0.540. The second kappa shape index (κ2) is 10.8. The molecule has 0 spiro atoms. The number of hydrogen-bond acceptors (Lipinski definition) is 6. The zero-order valence-electron chi connectivity index (χ0n) is 20.0. The number of amides is 3. The molecule has 2 fully saturated rings. The summed E-state index contributed by atoms with van der Waals surface area (Å²) in [6, 6.07) is 11.8. The van der Waals surface area contributed by atoms with E-state index in [1.54, 1.807) is 18.4 Å². The van der Waals surface area contributed by atoms with Gasteiger partial charge in [-0.05, 0) is 35.9 Å². The summed E-state index contributed by atoms with van der Waals surface area (Å²) >= 11 is 1.75. The third kappa shape index (κ3) is 5.09. The van der Waals surface area contributed by atoms with Gasteiger partial charge in [0.05, 0.1) is 18.6 Å². The lowest BCUT2D eigenvalue weighted by atomic mass is 9.74. The maximum Gasteiger partial charge on any atom is 0.240 e. The largest absolute Gasteiger partial charge is 0.383 e. The predicted molar refractivity (Wildman–Crippen MR) is 131 cm³/mol. The molecular weight excluding hydrogens is 450 g/mol. The summed E-state index contributed by atoms with van der Waals surface area (Å²) in [5.74, 6) is -0.585. The van der Waals surface area contributed by atoms with Crippen LogP contribution in [0.15, 0.2) is 41.8 Å². The van der Waals surface area contributed by atoms with Crippen molar-refractivity contribution in [2.75, 3.05) is 46.4 Å². The number of carbonyl (C=O) groups is 3. The Morgan fingerprint density at radius 2 is 1.91 bits per heavy atom. The fourth-order valence-electron chi connectivity index (χ4n) is 5.13. The van der Waals surface area contributed by atoms with Crippen molar-refractivity contribution in [2.45, 2.75) is 38.1 Å². The van der Waals surface area contributed by atoms with Gasteiger partial charge in [-0.25, -0.2) is 0 Å². The Balaban J connectivity index is 1.53. The molecule has 0 aliphatic carbocycles. The van der Waals surface area contributed by atoms with Gasteiger partial charge in [0.25, 0.3) is 0 Å². The molecule has 3 heterocycles. The number of methoxy groups -OCH3 is 1. The maximum absolute atomic E-state index is 13.7. The molecule has 0 radical (unpaired) electrons. The number of rotatable bonds is 8. The number of carbonyl (C=O) groups excluding carboxylic acids is 3. The third-order valence-corrected chi connectivity index (χ3v) is 7.80. The molecule has 3 amide bonds. The molecule has 2 aromatic rings. The second-order valence-corrected chi connectivity index (χ2v) is 10.2. The van der Waals surface area contributed by atoms with Gasteiger partial charge in [-0.1, -0.05) is 30.3 Å². The average molecular weight is 484 g/mol. The molecule has 0 N–H and O–H groups in total. The number of ether oxygens (including phenoxy) is 1. The minimum absolute atomic E-state index is 0.0107. The van der Waals surface area contributed by atoms with E-state index in [4.69, 9.17) is 4.74 Å². The minimum atomic E-state index is -1.16. The molecule has 0 saturated carbocycles. The lowest BCUT2D eigenvalue weighted by Crippen LogP contribution is -2.45. The Morgan fingerprint density at radius 3 is 2.65 bits per heavy atom. The summed E-state index contributed by atoms with van der Waals surface area (Å²) in [5.41, 5.74) is 0.537. The van der Waals surface area contributed by atoms with E-state index in [9.17, 15) is 14.4 Å². The third-order valence-electron chi connectivity index (χ3n) is 6.94. The van der Waals surface area contributed by atoms with Crippen molar-refractivity contribution in [2.24, 2.45) is 0 Å². The van der Waals surface area contributed by atoms with Gasteiger partial charge < -0.3 is 9.64 Å². The van der Waals surface area contributed by atoms with Crippen LogP contribution in [0.25, 0.3) is 0 Å². The molecule has 0 unspecified atom stereocenters. The van der Waals surface area contributed by atoms with Gasteiger partial charge in [-0.2, -0.15) is 0 Å². The summed E-state index contributed by atoms with van der Waals surface area (Å²) in [6.07, 6.45) is 0.919. The van der Waals surface area contributed by atoms with Crippen molar-refractivity contribution in [1.29, 1.82) is 0 Å². The highest BCUT2D eigenvalue weighted by Gasteiger charge is 2.54. The van der Waals surface area contributed by atoms with Crippen LogP contribution >= 0.6 is 11.3 Å². The highest BCUT2D eigenvalue weighted by Crippen LogP contribution is 2.41. The normalized spacial score (nSPS) is 21.8. The van der Waals surface area contributed by atoms with Gasteiger partial charge >= 0.3 is 0 Å². The number of hydrogen-bond donors (Lipinski definition) is 0. The van der Waals surface area contributed by atoms with Gasteiger partial charge in [-0.3, -0.25) is 24.2 Å². The zero-order chi connectivity index (χ0) is 24.1. The first-order valence-corrected chi connectivity index (χ1v) is 12.7. The molecule has 1 aromatic heterocycles. The van der Waals surface area contributed by atoms with Crippen LogP contribution in [-0.2, 0) is 31.1 Å². The summed E-state index contributed by atoms with van der Waals surface area (Å²) in [7, 11) is 1.55. The van der Waals surface area contributed by atoms with Crippen molar-refractivity contribution in [3.05, 3.63) is 57.8 Å². The van der Waals surface area contributed by atoms with E-state index in [2.05, 4.69) is 22.4 Å².